The summed E-state index contributed by atoms with van der Waals surface area (Å²) in [7, 11) is 0. The maximum Gasteiger partial charge on any atom is 0.194 e. The van der Waals surface area contributed by atoms with Gasteiger partial charge in [-0.15, -0.1) is 11.3 Å². The molecule has 2 heterocycles. The van der Waals surface area contributed by atoms with Crippen LogP contribution < -0.4 is 0 Å². The molecule has 3 rings (SSSR count). The molecule has 15 heavy (non-hydrogen) atoms. The molecule has 0 amide bonds. The van der Waals surface area contributed by atoms with Crippen molar-refractivity contribution in [1.82, 2.24) is 9.38 Å². The summed E-state index contributed by atoms with van der Waals surface area (Å²) in [6.45, 7) is 2.10. The van der Waals surface area contributed by atoms with E-state index in [9.17, 15) is 4.79 Å². The number of hydrogen-bond acceptors (Lipinski definition) is 3. The third-order valence-electron chi connectivity index (χ3n) is 2.94. The quantitative estimate of drug-likeness (QED) is 0.745. The third kappa shape index (κ3) is 1.24. The lowest BCUT2D eigenvalue weighted by Gasteiger charge is -1.97. The van der Waals surface area contributed by atoms with E-state index in [-0.39, 0.29) is 0 Å². The molecule has 0 bridgehead atoms. The number of thiazole rings is 1. The van der Waals surface area contributed by atoms with Crippen LogP contribution in [-0.2, 0) is 6.42 Å². The molecule has 4 heteroatoms. The van der Waals surface area contributed by atoms with E-state index in [1.807, 2.05) is 4.40 Å². The van der Waals surface area contributed by atoms with Crippen LogP contribution in [0.4, 0.5) is 0 Å². The first-order valence-electron chi connectivity index (χ1n) is 5.29. The van der Waals surface area contributed by atoms with Gasteiger partial charge in [0, 0.05) is 17.0 Å². The highest BCUT2D eigenvalue weighted by Gasteiger charge is 2.30. The van der Waals surface area contributed by atoms with E-state index in [4.69, 9.17) is 0 Å². The Balaban J connectivity index is 2.29. The lowest BCUT2D eigenvalue weighted by Crippen LogP contribution is -1.96. The Labute approximate surface area is 91.8 Å². The van der Waals surface area contributed by atoms with Crippen LogP contribution >= 0.6 is 11.3 Å². The van der Waals surface area contributed by atoms with Gasteiger partial charge in [-0.2, -0.15) is 0 Å². The zero-order valence-corrected chi connectivity index (χ0v) is 9.38. The second-order valence-corrected chi connectivity index (χ2v) is 4.81. The van der Waals surface area contributed by atoms with Gasteiger partial charge in [-0.25, -0.2) is 4.98 Å². The Bertz CT molecular complexity index is 522. The number of aromatic nitrogens is 2. The lowest BCUT2D eigenvalue weighted by molar-refractivity contribution is 0.111. The summed E-state index contributed by atoms with van der Waals surface area (Å²) in [6.07, 6.45) is 4.28. The van der Waals surface area contributed by atoms with Crippen molar-refractivity contribution >= 4 is 22.6 Å². The number of carbonyl (C=O) groups excluding carboxylic acids is 1. The molecule has 2 aromatic rings. The van der Waals surface area contributed by atoms with Gasteiger partial charge in [0.05, 0.1) is 5.69 Å². The predicted molar refractivity (Wildman–Crippen MR) is 59.8 cm³/mol. The number of carbonyl (C=O) groups is 1. The van der Waals surface area contributed by atoms with Crippen LogP contribution in [0.1, 0.15) is 47.6 Å². The minimum absolute atomic E-state index is 0.544. The summed E-state index contributed by atoms with van der Waals surface area (Å²) in [4.78, 5) is 16.7. The molecule has 0 aliphatic heterocycles. The number of imidazole rings is 1. The molecule has 0 unspecified atom stereocenters. The molecule has 1 aliphatic rings. The highest BCUT2D eigenvalue weighted by molar-refractivity contribution is 7.15. The number of hydrogen-bond donors (Lipinski definition) is 0. The fraction of sp³-hybridized carbons (Fsp3) is 0.455. The molecule has 1 aliphatic carbocycles. The Kier molecular flexibility index (Phi) is 1.92. The van der Waals surface area contributed by atoms with Crippen LogP contribution in [0.3, 0.4) is 0 Å². The molecular weight excluding hydrogens is 208 g/mol. The van der Waals surface area contributed by atoms with Crippen LogP contribution in [0.2, 0.25) is 0 Å². The number of nitrogens with zero attached hydrogens (tertiary/aromatic N) is 2. The van der Waals surface area contributed by atoms with Gasteiger partial charge in [0.1, 0.15) is 5.69 Å². The Morgan fingerprint density at radius 3 is 3.07 bits per heavy atom. The molecule has 0 saturated heterocycles. The summed E-state index contributed by atoms with van der Waals surface area (Å²) in [5.74, 6) is 0.544. The minimum atomic E-state index is 0.544. The fourth-order valence-corrected chi connectivity index (χ4v) is 2.96. The first-order chi connectivity index (χ1) is 7.35. The van der Waals surface area contributed by atoms with E-state index in [0.717, 1.165) is 29.1 Å². The first-order valence-corrected chi connectivity index (χ1v) is 6.17. The van der Waals surface area contributed by atoms with Gasteiger partial charge in [-0.05, 0) is 19.3 Å². The van der Waals surface area contributed by atoms with Crippen molar-refractivity contribution < 1.29 is 4.79 Å². The fourth-order valence-electron chi connectivity index (χ4n) is 1.97. The Morgan fingerprint density at radius 2 is 2.47 bits per heavy atom. The molecule has 0 atom stereocenters. The second-order valence-electron chi connectivity index (χ2n) is 3.97. The van der Waals surface area contributed by atoms with Crippen molar-refractivity contribution in [3.8, 4) is 0 Å². The zero-order valence-electron chi connectivity index (χ0n) is 8.56. The molecule has 1 saturated carbocycles. The van der Waals surface area contributed by atoms with E-state index < -0.39 is 0 Å². The summed E-state index contributed by atoms with van der Waals surface area (Å²) in [6, 6.07) is 0. The summed E-state index contributed by atoms with van der Waals surface area (Å²) in [5.41, 5.74) is 2.99. The second kappa shape index (κ2) is 3.17. The van der Waals surface area contributed by atoms with E-state index >= 15 is 0 Å². The minimum Gasteiger partial charge on any atom is -0.296 e. The molecule has 2 aromatic heterocycles. The standard InChI is InChI=1S/C11H12N2OS/c1-2-8-6-15-11-12-10(7-3-4-7)9(5-14)13(8)11/h5-7H,2-4H2,1H3. The maximum absolute atomic E-state index is 11.1. The van der Waals surface area contributed by atoms with Crippen molar-refractivity contribution in [3.63, 3.8) is 0 Å². The van der Waals surface area contributed by atoms with Gasteiger partial charge < -0.3 is 0 Å². The van der Waals surface area contributed by atoms with Crippen molar-refractivity contribution in [3.05, 3.63) is 22.5 Å². The van der Waals surface area contributed by atoms with Gasteiger partial charge in [-0.3, -0.25) is 9.20 Å². The topological polar surface area (TPSA) is 34.4 Å². The van der Waals surface area contributed by atoms with Crippen molar-refractivity contribution in [2.45, 2.75) is 32.1 Å². The van der Waals surface area contributed by atoms with Gasteiger partial charge in [0.15, 0.2) is 11.2 Å². The highest BCUT2D eigenvalue weighted by Crippen LogP contribution is 2.41. The SMILES string of the molecule is CCc1csc2nc(C3CC3)c(C=O)n12. The Morgan fingerprint density at radius 1 is 1.67 bits per heavy atom. The van der Waals surface area contributed by atoms with E-state index in [0.29, 0.717) is 5.92 Å². The Hall–Kier alpha value is -1.16. The summed E-state index contributed by atoms with van der Waals surface area (Å²) in [5, 5.41) is 2.09. The number of fused-ring (bicyclic) bond motifs is 1. The van der Waals surface area contributed by atoms with Crippen LogP contribution in [0.5, 0.6) is 0 Å². The monoisotopic (exact) mass is 220 g/mol. The zero-order chi connectivity index (χ0) is 10.4. The number of rotatable bonds is 3. The molecule has 0 radical (unpaired) electrons. The van der Waals surface area contributed by atoms with E-state index in [2.05, 4.69) is 17.3 Å². The highest BCUT2D eigenvalue weighted by atomic mass is 32.1. The van der Waals surface area contributed by atoms with Gasteiger partial charge in [-0.1, -0.05) is 6.92 Å². The van der Waals surface area contributed by atoms with E-state index in [1.165, 1.54) is 18.5 Å². The van der Waals surface area contributed by atoms with Crippen molar-refractivity contribution in [2.75, 3.05) is 0 Å². The molecule has 0 aromatic carbocycles. The smallest absolute Gasteiger partial charge is 0.194 e. The summed E-state index contributed by atoms with van der Waals surface area (Å²) >= 11 is 1.63. The third-order valence-corrected chi connectivity index (χ3v) is 3.81. The van der Waals surface area contributed by atoms with Gasteiger partial charge in [0.2, 0.25) is 0 Å². The maximum atomic E-state index is 11.1. The van der Waals surface area contributed by atoms with Crippen molar-refractivity contribution in [2.24, 2.45) is 0 Å². The number of aryl methyl sites for hydroxylation is 1. The van der Waals surface area contributed by atoms with Crippen molar-refractivity contribution in [1.29, 1.82) is 0 Å². The van der Waals surface area contributed by atoms with Gasteiger partial charge in [0.25, 0.3) is 0 Å². The van der Waals surface area contributed by atoms with E-state index in [1.54, 1.807) is 11.3 Å². The normalized spacial score (nSPS) is 16.1. The summed E-state index contributed by atoms with van der Waals surface area (Å²) < 4.78 is 2.02. The molecular formula is C11H12N2OS. The molecule has 1 fully saturated rings. The van der Waals surface area contributed by atoms with Crippen LogP contribution in [-0.4, -0.2) is 15.7 Å². The lowest BCUT2D eigenvalue weighted by atomic mass is 10.2. The number of aldehydes is 1. The van der Waals surface area contributed by atoms with Crippen LogP contribution in [0, 0.1) is 0 Å². The largest absolute Gasteiger partial charge is 0.296 e. The molecule has 0 N–H and O–H groups in total. The van der Waals surface area contributed by atoms with Crippen LogP contribution in [0.25, 0.3) is 4.96 Å². The average Bonchev–Trinajstić information content (AvgIpc) is 2.91. The average molecular weight is 220 g/mol. The van der Waals surface area contributed by atoms with Gasteiger partial charge >= 0.3 is 0 Å². The first kappa shape index (κ1) is 9.09. The van der Waals surface area contributed by atoms with Crippen LogP contribution in [0.15, 0.2) is 5.38 Å². The molecule has 78 valence electrons. The molecule has 0 spiro atoms. The molecule has 3 nitrogen and oxygen atoms in total. The predicted octanol–water partition coefficient (Wildman–Crippen LogP) is 2.65.